The molecule has 4 nitrogen and oxygen atoms in total. The minimum atomic E-state index is -4.34. The summed E-state index contributed by atoms with van der Waals surface area (Å²) in [5, 5.41) is 5.22. The number of hydrogen-bond acceptors (Lipinski definition) is 4. The highest BCUT2D eigenvalue weighted by atomic mass is 32.1. The number of nitrogens with one attached hydrogen (secondary N) is 1. The van der Waals surface area contributed by atoms with Gasteiger partial charge in [-0.05, 0) is 44.0 Å². The minimum absolute atomic E-state index is 0.0465. The van der Waals surface area contributed by atoms with E-state index in [0.29, 0.717) is 5.13 Å². The molecule has 140 valence electrons. The molecule has 0 saturated carbocycles. The van der Waals surface area contributed by atoms with Gasteiger partial charge < -0.3 is 5.32 Å². The second-order valence-electron chi connectivity index (χ2n) is 6.44. The molecule has 1 unspecified atom stereocenters. The van der Waals surface area contributed by atoms with Crippen LogP contribution in [0, 0.1) is 6.92 Å². The average Bonchev–Trinajstić information content (AvgIpc) is 2.99. The molecule has 8 heteroatoms. The number of piperidine rings is 1. The number of nitrogens with zero attached hydrogens (tertiary/aromatic N) is 2. The van der Waals surface area contributed by atoms with Crippen molar-refractivity contribution in [1.29, 1.82) is 0 Å². The van der Waals surface area contributed by atoms with Gasteiger partial charge in [-0.3, -0.25) is 9.69 Å². The van der Waals surface area contributed by atoms with Crippen LogP contribution in [0.3, 0.4) is 0 Å². The third-order valence-electron chi connectivity index (χ3n) is 4.45. The highest BCUT2D eigenvalue weighted by molar-refractivity contribution is 7.13. The van der Waals surface area contributed by atoms with Gasteiger partial charge >= 0.3 is 6.18 Å². The molecule has 1 fully saturated rings. The number of aryl methyl sites for hydroxylation is 1. The van der Waals surface area contributed by atoms with Crippen LogP contribution in [-0.4, -0.2) is 28.9 Å². The molecule has 1 amide bonds. The van der Waals surface area contributed by atoms with E-state index in [2.05, 4.69) is 10.3 Å². The predicted molar refractivity (Wildman–Crippen MR) is 95.1 cm³/mol. The van der Waals surface area contributed by atoms with E-state index in [9.17, 15) is 18.0 Å². The van der Waals surface area contributed by atoms with E-state index in [1.165, 1.54) is 23.5 Å². The molecule has 1 saturated heterocycles. The van der Waals surface area contributed by atoms with Crippen LogP contribution in [0.25, 0.3) is 0 Å². The van der Waals surface area contributed by atoms with E-state index in [1.54, 1.807) is 0 Å². The largest absolute Gasteiger partial charge is 0.416 e. The summed E-state index contributed by atoms with van der Waals surface area (Å²) >= 11 is 1.37. The molecule has 1 N–H and O–H groups in total. The number of hydrogen-bond donors (Lipinski definition) is 1. The van der Waals surface area contributed by atoms with Gasteiger partial charge in [0.2, 0.25) is 5.91 Å². The lowest BCUT2D eigenvalue weighted by atomic mass is 9.94. The Hall–Kier alpha value is -1.93. The molecule has 2 heterocycles. The lowest BCUT2D eigenvalue weighted by Crippen LogP contribution is -2.39. The monoisotopic (exact) mass is 383 g/mol. The van der Waals surface area contributed by atoms with Crippen molar-refractivity contribution < 1.29 is 18.0 Å². The number of alkyl halides is 3. The quantitative estimate of drug-likeness (QED) is 0.837. The molecule has 26 heavy (non-hydrogen) atoms. The zero-order valence-electron chi connectivity index (χ0n) is 14.3. The van der Waals surface area contributed by atoms with Crippen molar-refractivity contribution in [2.75, 3.05) is 18.4 Å². The highest BCUT2D eigenvalue weighted by Gasteiger charge is 2.31. The zero-order valence-corrected chi connectivity index (χ0v) is 15.2. The maximum atomic E-state index is 12.8. The van der Waals surface area contributed by atoms with Crippen LogP contribution < -0.4 is 5.32 Å². The van der Waals surface area contributed by atoms with Crippen molar-refractivity contribution in [2.45, 2.75) is 38.4 Å². The van der Waals surface area contributed by atoms with Gasteiger partial charge in [-0.1, -0.05) is 18.6 Å². The smallest absolute Gasteiger partial charge is 0.301 e. The number of thiazole rings is 1. The summed E-state index contributed by atoms with van der Waals surface area (Å²) in [6, 6.07) is 5.22. The SMILES string of the molecule is Cc1csc(NC(=O)CN2CCCCC2c2ccc(C(F)(F)F)cc2)n1. The maximum absolute atomic E-state index is 12.8. The summed E-state index contributed by atoms with van der Waals surface area (Å²) < 4.78 is 38.3. The first-order valence-corrected chi connectivity index (χ1v) is 9.34. The van der Waals surface area contributed by atoms with Crippen LogP contribution in [0.5, 0.6) is 0 Å². The average molecular weight is 383 g/mol. The molecule has 3 rings (SSSR count). The number of likely N-dealkylation sites (tertiary alicyclic amines) is 1. The van der Waals surface area contributed by atoms with Gasteiger partial charge in [-0.25, -0.2) is 4.98 Å². The van der Waals surface area contributed by atoms with E-state index in [1.807, 2.05) is 17.2 Å². The Bertz CT molecular complexity index is 758. The first kappa shape index (κ1) is 18.8. The van der Waals surface area contributed by atoms with Gasteiger partial charge in [0.25, 0.3) is 0 Å². The summed E-state index contributed by atoms with van der Waals surface area (Å²) in [5.74, 6) is -0.154. The van der Waals surface area contributed by atoms with Crippen LogP contribution in [0.4, 0.5) is 18.3 Å². The fourth-order valence-corrected chi connectivity index (χ4v) is 3.91. The molecule has 0 spiro atoms. The zero-order chi connectivity index (χ0) is 18.7. The molecule has 0 bridgehead atoms. The lowest BCUT2D eigenvalue weighted by molar-refractivity contribution is -0.137. The van der Waals surface area contributed by atoms with Crippen molar-refractivity contribution in [2.24, 2.45) is 0 Å². The standard InChI is InChI=1S/C18H20F3N3OS/c1-12-11-26-17(22-12)23-16(25)10-24-9-3-2-4-15(24)13-5-7-14(8-6-13)18(19,20)21/h5-8,11,15H,2-4,9-10H2,1H3,(H,22,23,25). The summed E-state index contributed by atoms with van der Waals surface area (Å²) in [6.45, 7) is 2.80. The number of carbonyl (C=O) groups is 1. The fourth-order valence-electron chi connectivity index (χ4n) is 3.21. The molecule has 1 aromatic carbocycles. The van der Waals surface area contributed by atoms with Crippen LogP contribution >= 0.6 is 11.3 Å². The first-order chi connectivity index (χ1) is 12.3. The minimum Gasteiger partial charge on any atom is -0.301 e. The summed E-state index contributed by atoms with van der Waals surface area (Å²) in [6.07, 6.45) is -1.54. The number of halogens is 3. The number of amides is 1. The predicted octanol–water partition coefficient (Wildman–Crippen LogP) is 4.64. The van der Waals surface area contributed by atoms with E-state index >= 15 is 0 Å². The van der Waals surface area contributed by atoms with E-state index < -0.39 is 11.7 Å². The second kappa shape index (κ2) is 7.75. The van der Waals surface area contributed by atoms with E-state index in [0.717, 1.165) is 49.2 Å². The van der Waals surface area contributed by atoms with Crippen LogP contribution in [0.2, 0.25) is 0 Å². The second-order valence-corrected chi connectivity index (χ2v) is 7.30. The molecular formula is C18H20F3N3OS. The summed E-state index contributed by atoms with van der Waals surface area (Å²) in [7, 11) is 0. The Morgan fingerprint density at radius 1 is 1.31 bits per heavy atom. The van der Waals surface area contributed by atoms with Crippen LogP contribution in [0.15, 0.2) is 29.6 Å². The van der Waals surface area contributed by atoms with Crippen molar-refractivity contribution in [3.63, 3.8) is 0 Å². The normalized spacial score (nSPS) is 18.7. The Morgan fingerprint density at radius 3 is 2.65 bits per heavy atom. The fraction of sp³-hybridized carbons (Fsp3) is 0.444. The van der Waals surface area contributed by atoms with Gasteiger partial charge in [0, 0.05) is 11.4 Å². The number of anilines is 1. The van der Waals surface area contributed by atoms with Gasteiger partial charge in [0.05, 0.1) is 17.8 Å². The topological polar surface area (TPSA) is 45.2 Å². The van der Waals surface area contributed by atoms with Crippen molar-refractivity contribution >= 4 is 22.4 Å². The van der Waals surface area contributed by atoms with Crippen molar-refractivity contribution in [3.8, 4) is 0 Å². The Morgan fingerprint density at radius 2 is 2.04 bits per heavy atom. The first-order valence-electron chi connectivity index (χ1n) is 8.46. The molecule has 2 aromatic rings. The number of benzene rings is 1. The van der Waals surface area contributed by atoms with Crippen molar-refractivity contribution in [3.05, 3.63) is 46.5 Å². The number of rotatable bonds is 4. The maximum Gasteiger partial charge on any atom is 0.416 e. The third-order valence-corrected chi connectivity index (χ3v) is 5.32. The third kappa shape index (κ3) is 4.62. The molecule has 1 atom stereocenters. The Kier molecular flexibility index (Phi) is 5.62. The molecule has 0 radical (unpaired) electrons. The van der Waals surface area contributed by atoms with Gasteiger partial charge in [-0.15, -0.1) is 11.3 Å². The molecular weight excluding hydrogens is 363 g/mol. The van der Waals surface area contributed by atoms with Gasteiger partial charge in [-0.2, -0.15) is 13.2 Å². The summed E-state index contributed by atoms with van der Waals surface area (Å²) in [5.41, 5.74) is 1.02. The van der Waals surface area contributed by atoms with E-state index in [-0.39, 0.29) is 18.5 Å². The lowest BCUT2D eigenvalue weighted by Gasteiger charge is -2.35. The molecule has 1 aliphatic rings. The summed E-state index contributed by atoms with van der Waals surface area (Å²) in [4.78, 5) is 18.6. The highest BCUT2D eigenvalue weighted by Crippen LogP contribution is 2.34. The Balaban J connectivity index is 1.68. The number of carbonyl (C=O) groups excluding carboxylic acids is 1. The molecule has 1 aliphatic heterocycles. The molecule has 0 aliphatic carbocycles. The van der Waals surface area contributed by atoms with Crippen LogP contribution in [0.1, 0.15) is 42.1 Å². The van der Waals surface area contributed by atoms with Crippen molar-refractivity contribution in [1.82, 2.24) is 9.88 Å². The van der Waals surface area contributed by atoms with E-state index in [4.69, 9.17) is 0 Å². The Labute approximate surface area is 154 Å². The van der Waals surface area contributed by atoms with Crippen LogP contribution in [-0.2, 0) is 11.0 Å². The van der Waals surface area contributed by atoms with Gasteiger partial charge in [0.15, 0.2) is 5.13 Å². The number of aromatic nitrogens is 1. The van der Waals surface area contributed by atoms with Gasteiger partial charge in [0.1, 0.15) is 0 Å². The molecule has 1 aromatic heterocycles.